The Hall–Kier alpha value is -2.62. The van der Waals surface area contributed by atoms with Crippen molar-refractivity contribution < 1.29 is 9.59 Å². The Balaban J connectivity index is 2.36. The summed E-state index contributed by atoms with van der Waals surface area (Å²) in [4.78, 5) is 29.9. The Morgan fingerprint density at radius 1 is 0.600 bits per heavy atom. The van der Waals surface area contributed by atoms with E-state index in [0.29, 0.717) is 11.1 Å². The fourth-order valence-corrected chi connectivity index (χ4v) is 3.85. The molecule has 0 spiro atoms. The molecule has 30 heavy (non-hydrogen) atoms. The second-order valence-corrected chi connectivity index (χ2v) is 8.70. The lowest BCUT2D eigenvalue weighted by molar-refractivity contribution is 0.0449. The SMILES string of the molecule is Cc1cc(C(=O)N(C)C(C)N(C)C(=O)c2cc(C)c(C)c(C)c2C)c(C)c(C)c1C. The highest BCUT2D eigenvalue weighted by atomic mass is 16.2. The zero-order chi connectivity index (χ0) is 23.1. The smallest absolute Gasteiger partial charge is 0.255 e. The first-order chi connectivity index (χ1) is 13.8. The van der Waals surface area contributed by atoms with Gasteiger partial charge in [0.1, 0.15) is 6.17 Å². The average Bonchev–Trinajstić information content (AvgIpc) is 2.73. The lowest BCUT2D eigenvalue weighted by Gasteiger charge is -2.34. The van der Waals surface area contributed by atoms with Gasteiger partial charge in [0, 0.05) is 25.2 Å². The van der Waals surface area contributed by atoms with E-state index in [9.17, 15) is 9.59 Å². The van der Waals surface area contributed by atoms with E-state index >= 15 is 0 Å². The summed E-state index contributed by atoms with van der Waals surface area (Å²) in [6.07, 6.45) is -0.382. The maximum absolute atomic E-state index is 13.3. The molecule has 2 aromatic rings. The van der Waals surface area contributed by atoms with E-state index in [4.69, 9.17) is 0 Å². The van der Waals surface area contributed by atoms with E-state index in [-0.39, 0.29) is 18.0 Å². The van der Waals surface area contributed by atoms with Gasteiger partial charge in [-0.1, -0.05) is 0 Å². The van der Waals surface area contributed by atoms with Crippen molar-refractivity contribution in [1.29, 1.82) is 0 Å². The van der Waals surface area contributed by atoms with Crippen LogP contribution in [-0.4, -0.2) is 41.9 Å². The summed E-state index contributed by atoms with van der Waals surface area (Å²) in [5.74, 6) is -0.141. The Morgan fingerprint density at radius 2 is 0.900 bits per heavy atom. The quantitative estimate of drug-likeness (QED) is 0.640. The molecule has 2 amide bonds. The number of hydrogen-bond donors (Lipinski definition) is 0. The molecule has 4 heteroatoms. The van der Waals surface area contributed by atoms with Crippen molar-refractivity contribution in [3.05, 3.63) is 67.8 Å². The lowest BCUT2D eigenvalue weighted by Crippen LogP contribution is -2.48. The van der Waals surface area contributed by atoms with Crippen molar-refractivity contribution in [2.24, 2.45) is 0 Å². The molecule has 0 radical (unpaired) electrons. The zero-order valence-electron chi connectivity index (χ0n) is 20.4. The number of benzene rings is 2. The predicted molar refractivity (Wildman–Crippen MR) is 124 cm³/mol. The third-order valence-electron chi connectivity index (χ3n) is 7.19. The van der Waals surface area contributed by atoms with Gasteiger partial charge in [0.2, 0.25) is 0 Å². The van der Waals surface area contributed by atoms with E-state index in [0.717, 1.165) is 33.4 Å². The van der Waals surface area contributed by atoms with Gasteiger partial charge in [-0.3, -0.25) is 9.59 Å². The molecule has 2 rings (SSSR count). The molecule has 0 saturated heterocycles. The normalized spacial score (nSPS) is 11.1. The van der Waals surface area contributed by atoms with Crippen molar-refractivity contribution in [2.45, 2.75) is 68.5 Å². The van der Waals surface area contributed by atoms with Crippen LogP contribution < -0.4 is 0 Å². The average molecular weight is 409 g/mol. The van der Waals surface area contributed by atoms with Crippen molar-refractivity contribution in [3.63, 3.8) is 0 Å². The molecule has 0 aliphatic carbocycles. The molecule has 0 unspecified atom stereocenters. The van der Waals surface area contributed by atoms with E-state index < -0.39 is 0 Å². The third-order valence-corrected chi connectivity index (χ3v) is 7.19. The van der Waals surface area contributed by atoms with Crippen molar-refractivity contribution in [2.75, 3.05) is 14.1 Å². The minimum absolute atomic E-state index is 0.0705. The van der Waals surface area contributed by atoms with Crippen molar-refractivity contribution >= 4 is 11.8 Å². The molecule has 0 N–H and O–H groups in total. The molecule has 0 heterocycles. The summed E-state index contributed by atoms with van der Waals surface area (Å²) in [7, 11) is 3.53. The van der Waals surface area contributed by atoms with Gasteiger partial charge in [-0.25, -0.2) is 0 Å². The first-order valence-corrected chi connectivity index (χ1v) is 10.5. The Bertz CT molecular complexity index is 939. The van der Waals surface area contributed by atoms with Gasteiger partial charge < -0.3 is 9.80 Å². The van der Waals surface area contributed by atoms with Crippen LogP contribution in [-0.2, 0) is 0 Å². The van der Waals surface area contributed by atoms with Gasteiger partial charge in [-0.15, -0.1) is 0 Å². The van der Waals surface area contributed by atoms with Gasteiger partial charge in [-0.05, 0) is 119 Å². The molecular weight excluding hydrogens is 372 g/mol. The largest absolute Gasteiger partial charge is 0.321 e. The third kappa shape index (κ3) is 4.00. The fraction of sp³-hybridized carbons (Fsp3) is 0.462. The predicted octanol–water partition coefficient (Wildman–Crippen LogP) is 5.34. The number of carbonyl (C=O) groups excluding carboxylic acids is 2. The summed E-state index contributed by atoms with van der Waals surface area (Å²) in [6.45, 7) is 18.2. The summed E-state index contributed by atoms with van der Waals surface area (Å²) in [5.41, 5.74) is 10.3. The first kappa shape index (κ1) is 23.7. The number of carbonyl (C=O) groups is 2. The van der Waals surface area contributed by atoms with Crippen LogP contribution in [0.5, 0.6) is 0 Å². The van der Waals surface area contributed by atoms with Gasteiger partial charge in [0.15, 0.2) is 0 Å². The first-order valence-electron chi connectivity index (χ1n) is 10.5. The lowest BCUT2D eigenvalue weighted by atomic mass is 9.93. The Kier molecular flexibility index (Phi) is 6.80. The molecule has 0 aliphatic heterocycles. The van der Waals surface area contributed by atoms with Crippen LogP contribution in [0.3, 0.4) is 0 Å². The van der Waals surface area contributed by atoms with E-state index in [2.05, 4.69) is 27.7 Å². The van der Waals surface area contributed by atoms with E-state index in [1.165, 1.54) is 11.1 Å². The fourth-order valence-electron chi connectivity index (χ4n) is 3.85. The molecule has 0 aliphatic rings. The summed E-state index contributed by atoms with van der Waals surface area (Å²) in [5, 5.41) is 0. The second-order valence-electron chi connectivity index (χ2n) is 8.70. The monoisotopic (exact) mass is 408 g/mol. The van der Waals surface area contributed by atoms with Crippen LogP contribution in [0.4, 0.5) is 0 Å². The maximum Gasteiger partial charge on any atom is 0.255 e. The Morgan fingerprint density at radius 3 is 1.20 bits per heavy atom. The van der Waals surface area contributed by atoms with Crippen LogP contribution >= 0.6 is 0 Å². The molecule has 0 saturated carbocycles. The molecule has 2 aromatic carbocycles. The van der Waals surface area contributed by atoms with E-state index in [1.807, 2.05) is 46.8 Å². The van der Waals surface area contributed by atoms with Gasteiger partial charge >= 0.3 is 0 Å². The van der Waals surface area contributed by atoms with E-state index in [1.54, 1.807) is 23.9 Å². The highest BCUT2D eigenvalue weighted by molar-refractivity contribution is 5.98. The highest BCUT2D eigenvalue weighted by Gasteiger charge is 2.27. The number of hydrogen-bond acceptors (Lipinski definition) is 2. The Labute approximate surface area is 181 Å². The van der Waals surface area contributed by atoms with Gasteiger partial charge in [0.05, 0.1) is 0 Å². The molecule has 0 fully saturated rings. The molecule has 4 nitrogen and oxygen atoms in total. The maximum atomic E-state index is 13.3. The van der Waals surface area contributed by atoms with Gasteiger partial charge in [0.25, 0.3) is 11.8 Å². The van der Waals surface area contributed by atoms with Crippen LogP contribution in [0.1, 0.15) is 72.1 Å². The van der Waals surface area contributed by atoms with Crippen LogP contribution in [0.15, 0.2) is 12.1 Å². The van der Waals surface area contributed by atoms with Crippen molar-refractivity contribution in [3.8, 4) is 0 Å². The number of aryl methyl sites for hydroxylation is 2. The molecular formula is C26H36N2O2. The van der Waals surface area contributed by atoms with Crippen LogP contribution in [0, 0.1) is 55.4 Å². The summed E-state index contributed by atoms with van der Waals surface area (Å²) < 4.78 is 0. The minimum atomic E-state index is -0.382. The number of nitrogens with zero attached hydrogens (tertiary/aromatic N) is 2. The molecule has 0 bridgehead atoms. The topological polar surface area (TPSA) is 40.6 Å². The number of rotatable bonds is 4. The van der Waals surface area contributed by atoms with Crippen LogP contribution in [0.25, 0.3) is 0 Å². The second kappa shape index (κ2) is 8.63. The van der Waals surface area contributed by atoms with Gasteiger partial charge in [-0.2, -0.15) is 0 Å². The molecule has 0 aromatic heterocycles. The summed E-state index contributed by atoms with van der Waals surface area (Å²) >= 11 is 0. The highest BCUT2D eigenvalue weighted by Crippen LogP contribution is 2.25. The minimum Gasteiger partial charge on any atom is -0.321 e. The van der Waals surface area contributed by atoms with Crippen LogP contribution in [0.2, 0.25) is 0 Å². The van der Waals surface area contributed by atoms with Crippen molar-refractivity contribution in [1.82, 2.24) is 9.80 Å². The standard InChI is InChI=1S/C26H36N2O2/c1-14-12-23(20(7)18(5)16(14)3)25(29)27(10)22(9)28(11)26(30)24-13-15(2)17(4)19(6)21(24)8/h12-13,22H,1-11H3. The number of amides is 2. The summed E-state index contributed by atoms with van der Waals surface area (Å²) in [6, 6.07) is 3.92. The zero-order valence-corrected chi connectivity index (χ0v) is 20.4. The molecule has 0 atom stereocenters. The molecule has 162 valence electrons.